The van der Waals surface area contributed by atoms with Crippen molar-refractivity contribution in [3.8, 4) is 0 Å². The molecular formula is C24H27F3N4O2. The van der Waals surface area contributed by atoms with Gasteiger partial charge in [0.1, 0.15) is 12.4 Å². The zero-order valence-corrected chi connectivity index (χ0v) is 18.5. The lowest BCUT2D eigenvalue weighted by Crippen LogP contribution is -2.47. The van der Waals surface area contributed by atoms with E-state index in [1.807, 2.05) is 33.9 Å². The summed E-state index contributed by atoms with van der Waals surface area (Å²) < 4.78 is 46.0. The maximum Gasteiger partial charge on any atom is 0.416 e. The number of ether oxygens (including phenoxy) is 1. The van der Waals surface area contributed by atoms with Crippen LogP contribution in [-0.4, -0.2) is 59.8 Å². The number of halogens is 3. The van der Waals surface area contributed by atoms with Gasteiger partial charge in [0.2, 0.25) is 0 Å². The van der Waals surface area contributed by atoms with Gasteiger partial charge in [-0.2, -0.15) is 13.2 Å². The Kier molecular flexibility index (Phi) is 6.88. The van der Waals surface area contributed by atoms with E-state index in [-0.39, 0.29) is 12.5 Å². The van der Waals surface area contributed by atoms with Crippen LogP contribution in [-0.2, 0) is 28.7 Å². The molecule has 0 atom stereocenters. The predicted molar refractivity (Wildman–Crippen MR) is 120 cm³/mol. The molecule has 1 aromatic carbocycles. The van der Waals surface area contributed by atoms with E-state index in [2.05, 4.69) is 16.0 Å². The lowest BCUT2D eigenvalue weighted by atomic mass is 10.1. The lowest BCUT2D eigenvalue weighted by molar-refractivity contribution is -0.143. The molecule has 0 amide bonds. The van der Waals surface area contributed by atoms with Crippen LogP contribution in [0.25, 0.3) is 10.9 Å². The molecule has 33 heavy (non-hydrogen) atoms. The first-order valence-electron chi connectivity index (χ1n) is 11.1. The van der Waals surface area contributed by atoms with Gasteiger partial charge in [0, 0.05) is 56.0 Å². The van der Waals surface area contributed by atoms with Crippen molar-refractivity contribution in [1.82, 2.24) is 14.5 Å². The highest BCUT2D eigenvalue weighted by atomic mass is 19.4. The number of hydrogen-bond acceptors (Lipinski definition) is 5. The van der Waals surface area contributed by atoms with E-state index in [0.29, 0.717) is 25.5 Å². The molecule has 176 valence electrons. The van der Waals surface area contributed by atoms with Crippen LogP contribution in [0.2, 0.25) is 0 Å². The van der Waals surface area contributed by atoms with E-state index < -0.39 is 11.7 Å². The molecule has 4 rings (SSSR count). The molecule has 0 aliphatic carbocycles. The Labute approximate surface area is 190 Å². The van der Waals surface area contributed by atoms with Crippen molar-refractivity contribution in [1.29, 1.82) is 0 Å². The molecule has 0 N–H and O–H groups in total. The van der Waals surface area contributed by atoms with Crippen LogP contribution >= 0.6 is 0 Å². The number of pyridine rings is 1. The van der Waals surface area contributed by atoms with Gasteiger partial charge in [0.05, 0.1) is 12.2 Å². The number of hydrogen-bond donors (Lipinski definition) is 0. The van der Waals surface area contributed by atoms with Crippen molar-refractivity contribution in [2.24, 2.45) is 0 Å². The Bertz CT molecular complexity index is 1100. The van der Waals surface area contributed by atoms with E-state index in [1.54, 1.807) is 6.92 Å². The van der Waals surface area contributed by atoms with Gasteiger partial charge in [-0.3, -0.25) is 9.69 Å². The van der Waals surface area contributed by atoms with Crippen molar-refractivity contribution < 1.29 is 22.7 Å². The van der Waals surface area contributed by atoms with E-state index >= 15 is 0 Å². The standard InChI is InChI=1S/C24H27F3N4O2/c1-2-33-23(32)17-31-16-18(20-5-3-4-6-21(20)31)8-10-29-11-13-30(14-12-29)22-15-19(7-9-28-22)24(25,26)27/h3-7,9,15-16H,2,8,10-14,17H2,1H3. The zero-order chi connectivity index (χ0) is 23.4. The van der Waals surface area contributed by atoms with Crippen LogP contribution in [0.4, 0.5) is 19.0 Å². The summed E-state index contributed by atoms with van der Waals surface area (Å²) in [5.41, 5.74) is 1.49. The summed E-state index contributed by atoms with van der Waals surface area (Å²) >= 11 is 0. The minimum atomic E-state index is -4.37. The summed E-state index contributed by atoms with van der Waals surface area (Å²) in [7, 11) is 0. The fraction of sp³-hybridized carbons (Fsp3) is 0.417. The number of para-hydroxylation sites is 1. The molecule has 0 saturated carbocycles. The van der Waals surface area contributed by atoms with Crippen LogP contribution in [0.15, 0.2) is 48.8 Å². The smallest absolute Gasteiger partial charge is 0.416 e. The van der Waals surface area contributed by atoms with Gasteiger partial charge in [-0.1, -0.05) is 18.2 Å². The summed E-state index contributed by atoms with van der Waals surface area (Å²) in [5, 5.41) is 1.12. The number of benzene rings is 1. The monoisotopic (exact) mass is 460 g/mol. The van der Waals surface area contributed by atoms with Crippen molar-refractivity contribution in [3.63, 3.8) is 0 Å². The van der Waals surface area contributed by atoms with Crippen molar-refractivity contribution in [2.75, 3.05) is 44.2 Å². The highest BCUT2D eigenvalue weighted by molar-refractivity contribution is 5.85. The molecule has 0 spiro atoms. The first-order chi connectivity index (χ1) is 15.8. The third kappa shape index (κ3) is 5.47. The third-order valence-electron chi connectivity index (χ3n) is 5.94. The van der Waals surface area contributed by atoms with Crippen molar-refractivity contribution >= 4 is 22.7 Å². The second-order valence-corrected chi connectivity index (χ2v) is 8.08. The number of piperazine rings is 1. The molecule has 6 nitrogen and oxygen atoms in total. The first-order valence-corrected chi connectivity index (χ1v) is 11.1. The molecule has 3 heterocycles. The maximum atomic E-state index is 13.0. The molecule has 1 fully saturated rings. The normalized spacial score (nSPS) is 15.2. The summed E-state index contributed by atoms with van der Waals surface area (Å²) in [6.07, 6.45) is -0.314. The van der Waals surface area contributed by atoms with Crippen molar-refractivity contribution in [3.05, 3.63) is 59.9 Å². The quantitative estimate of drug-likeness (QED) is 0.499. The van der Waals surface area contributed by atoms with Gasteiger partial charge in [0.15, 0.2) is 0 Å². The molecule has 3 aromatic rings. The Morgan fingerprint density at radius 3 is 2.61 bits per heavy atom. The SMILES string of the molecule is CCOC(=O)Cn1cc(CCN2CCN(c3cc(C(F)(F)F)ccn3)CC2)c2ccccc21. The van der Waals surface area contributed by atoms with Gasteiger partial charge in [-0.25, -0.2) is 4.98 Å². The molecule has 0 radical (unpaired) electrons. The first kappa shape index (κ1) is 23.1. The van der Waals surface area contributed by atoms with Crippen LogP contribution in [0.3, 0.4) is 0 Å². The number of carbonyl (C=O) groups excluding carboxylic acids is 1. The summed E-state index contributed by atoms with van der Waals surface area (Å²) in [4.78, 5) is 20.3. The van der Waals surface area contributed by atoms with Gasteiger partial charge in [-0.15, -0.1) is 0 Å². The summed E-state index contributed by atoms with van der Waals surface area (Å²) in [6, 6.07) is 10.1. The fourth-order valence-electron chi connectivity index (χ4n) is 4.25. The Balaban J connectivity index is 1.37. The molecule has 1 aliphatic rings. The van der Waals surface area contributed by atoms with Crippen LogP contribution < -0.4 is 4.90 Å². The minimum absolute atomic E-state index is 0.178. The molecular weight excluding hydrogens is 433 g/mol. The average molecular weight is 461 g/mol. The maximum absolute atomic E-state index is 13.0. The highest BCUT2D eigenvalue weighted by Crippen LogP contribution is 2.31. The number of alkyl halides is 3. The van der Waals surface area contributed by atoms with Gasteiger partial charge >= 0.3 is 12.1 Å². The second kappa shape index (κ2) is 9.82. The van der Waals surface area contributed by atoms with E-state index in [0.717, 1.165) is 54.7 Å². The molecule has 0 bridgehead atoms. The lowest BCUT2D eigenvalue weighted by Gasteiger charge is -2.35. The van der Waals surface area contributed by atoms with Crippen molar-refractivity contribution in [2.45, 2.75) is 26.1 Å². The second-order valence-electron chi connectivity index (χ2n) is 8.08. The number of carbonyl (C=O) groups is 1. The Hall–Kier alpha value is -3.07. The fourth-order valence-corrected chi connectivity index (χ4v) is 4.25. The van der Waals surface area contributed by atoms with E-state index in [4.69, 9.17) is 4.74 Å². The molecule has 2 aromatic heterocycles. The topological polar surface area (TPSA) is 50.6 Å². The largest absolute Gasteiger partial charge is 0.465 e. The average Bonchev–Trinajstić information content (AvgIpc) is 3.15. The van der Waals surface area contributed by atoms with Crippen LogP contribution in [0, 0.1) is 0 Å². The van der Waals surface area contributed by atoms with Gasteiger partial charge in [-0.05, 0) is 37.1 Å². The summed E-state index contributed by atoms with van der Waals surface area (Å²) in [5.74, 6) is 0.107. The van der Waals surface area contributed by atoms with Crippen LogP contribution in [0.1, 0.15) is 18.1 Å². The minimum Gasteiger partial charge on any atom is -0.465 e. The third-order valence-corrected chi connectivity index (χ3v) is 5.94. The molecule has 0 unspecified atom stereocenters. The number of fused-ring (bicyclic) bond motifs is 1. The number of esters is 1. The molecule has 1 saturated heterocycles. The Morgan fingerprint density at radius 1 is 1.12 bits per heavy atom. The Morgan fingerprint density at radius 2 is 1.88 bits per heavy atom. The summed E-state index contributed by atoms with van der Waals surface area (Å²) in [6.45, 7) is 5.90. The van der Waals surface area contributed by atoms with E-state index in [9.17, 15) is 18.0 Å². The predicted octanol–water partition coefficient (Wildman–Crippen LogP) is 3.98. The molecule has 1 aliphatic heterocycles. The highest BCUT2D eigenvalue weighted by Gasteiger charge is 2.31. The van der Waals surface area contributed by atoms with Gasteiger partial charge < -0.3 is 14.2 Å². The molecule has 9 heteroatoms. The number of anilines is 1. The number of nitrogens with zero attached hydrogens (tertiary/aromatic N) is 4. The number of rotatable bonds is 7. The number of aromatic nitrogens is 2. The van der Waals surface area contributed by atoms with Crippen LogP contribution in [0.5, 0.6) is 0 Å². The van der Waals surface area contributed by atoms with E-state index in [1.165, 1.54) is 6.20 Å². The zero-order valence-electron chi connectivity index (χ0n) is 18.5. The van der Waals surface area contributed by atoms with Gasteiger partial charge in [0.25, 0.3) is 0 Å².